The Kier molecular flexibility index (Phi) is 6.99. The topological polar surface area (TPSA) is 104 Å². The maximum atomic E-state index is 9.45. The van der Waals surface area contributed by atoms with E-state index < -0.39 is 0 Å². The molecule has 0 spiro atoms. The third-order valence-electron chi connectivity index (χ3n) is 5.23. The number of rotatable bonds is 10. The molecule has 4 rings (SSSR count). The first-order valence-corrected chi connectivity index (χ1v) is 11.0. The Bertz CT molecular complexity index is 1140. The van der Waals surface area contributed by atoms with Crippen molar-refractivity contribution in [3.05, 3.63) is 72.8 Å². The van der Waals surface area contributed by atoms with E-state index in [-0.39, 0.29) is 5.75 Å². The maximum Gasteiger partial charge on any atom is 0.233 e. The molecule has 0 bridgehead atoms. The van der Waals surface area contributed by atoms with Crippen LogP contribution in [0.15, 0.2) is 67.3 Å². The summed E-state index contributed by atoms with van der Waals surface area (Å²) in [6.07, 6.45) is 6.20. The van der Waals surface area contributed by atoms with Gasteiger partial charge in [0.2, 0.25) is 17.8 Å². The summed E-state index contributed by atoms with van der Waals surface area (Å²) in [4.78, 5) is 20.0. The highest BCUT2D eigenvalue weighted by molar-refractivity contribution is 5.57. The number of phenolic OH excluding ortho intramolecular Hbond substituents is 1. The Morgan fingerprint density at radius 2 is 1.64 bits per heavy atom. The standard InChI is InChI=1S/C24H28N8O/c1-3-31(4-2)24-29-22(26-14-13-18-5-11-21(33)12-6-18)28-23(30-24)27-19-7-9-20(10-8-19)32-16-15-25-17-32/h5-12,15-17,33H,3-4,13-14H2,1-2H3,(H2,26,27,28,29,30). The number of nitrogens with zero attached hydrogens (tertiary/aromatic N) is 6. The molecule has 0 saturated carbocycles. The van der Waals surface area contributed by atoms with Gasteiger partial charge < -0.3 is 25.2 Å². The maximum absolute atomic E-state index is 9.45. The van der Waals surface area contributed by atoms with Gasteiger partial charge in [0, 0.05) is 43.4 Å². The predicted molar refractivity (Wildman–Crippen MR) is 131 cm³/mol. The Morgan fingerprint density at radius 3 is 2.30 bits per heavy atom. The lowest BCUT2D eigenvalue weighted by Gasteiger charge is -2.20. The summed E-state index contributed by atoms with van der Waals surface area (Å²) in [6, 6.07) is 15.2. The molecule has 3 N–H and O–H groups in total. The van der Waals surface area contributed by atoms with Gasteiger partial charge in [-0.1, -0.05) is 12.1 Å². The first kappa shape index (κ1) is 22.1. The second-order valence-electron chi connectivity index (χ2n) is 7.44. The van der Waals surface area contributed by atoms with E-state index in [1.54, 1.807) is 24.7 Å². The minimum absolute atomic E-state index is 0.266. The van der Waals surface area contributed by atoms with E-state index in [0.29, 0.717) is 24.4 Å². The Balaban J connectivity index is 1.49. The van der Waals surface area contributed by atoms with E-state index in [2.05, 4.69) is 49.3 Å². The SMILES string of the molecule is CCN(CC)c1nc(NCCc2ccc(O)cc2)nc(Nc2ccc(-n3ccnc3)cc2)n1. The molecule has 2 aromatic heterocycles. The van der Waals surface area contributed by atoms with Gasteiger partial charge in [0.25, 0.3) is 0 Å². The molecule has 33 heavy (non-hydrogen) atoms. The van der Waals surface area contributed by atoms with Gasteiger partial charge in [0.15, 0.2) is 0 Å². The number of hydrogen-bond donors (Lipinski definition) is 3. The Morgan fingerprint density at radius 1 is 0.909 bits per heavy atom. The number of imidazole rings is 1. The highest BCUT2D eigenvalue weighted by Crippen LogP contribution is 2.20. The molecule has 0 aliphatic carbocycles. The van der Waals surface area contributed by atoms with Crippen molar-refractivity contribution >= 4 is 23.5 Å². The van der Waals surface area contributed by atoms with Crippen molar-refractivity contribution in [2.45, 2.75) is 20.3 Å². The summed E-state index contributed by atoms with van der Waals surface area (Å²) in [5, 5.41) is 16.0. The summed E-state index contributed by atoms with van der Waals surface area (Å²) in [6.45, 7) is 6.41. The number of aromatic hydroxyl groups is 1. The van der Waals surface area contributed by atoms with Crippen LogP contribution in [0.3, 0.4) is 0 Å². The first-order valence-electron chi connectivity index (χ1n) is 11.0. The van der Waals surface area contributed by atoms with Crippen LogP contribution >= 0.6 is 0 Å². The van der Waals surface area contributed by atoms with Crippen molar-refractivity contribution in [1.82, 2.24) is 24.5 Å². The van der Waals surface area contributed by atoms with E-state index >= 15 is 0 Å². The highest BCUT2D eigenvalue weighted by atomic mass is 16.3. The molecule has 9 heteroatoms. The van der Waals surface area contributed by atoms with Crippen LogP contribution in [0.4, 0.5) is 23.5 Å². The summed E-state index contributed by atoms with van der Waals surface area (Å²) < 4.78 is 1.95. The lowest BCUT2D eigenvalue weighted by Crippen LogP contribution is -2.25. The molecule has 4 aromatic rings. The van der Waals surface area contributed by atoms with Gasteiger partial charge in [-0.15, -0.1) is 0 Å². The minimum atomic E-state index is 0.266. The molecule has 2 heterocycles. The van der Waals surface area contributed by atoms with Gasteiger partial charge in [-0.2, -0.15) is 15.0 Å². The smallest absolute Gasteiger partial charge is 0.233 e. The van der Waals surface area contributed by atoms with Crippen molar-refractivity contribution < 1.29 is 5.11 Å². The van der Waals surface area contributed by atoms with Crippen LogP contribution in [0.1, 0.15) is 19.4 Å². The zero-order chi connectivity index (χ0) is 23.0. The number of benzene rings is 2. The molecule has 0 radical (unpaired) electrons. The molecule has 0 unspecified atom stereocenters. The Labute approximate surface area is 193 Å². The van der Waals surface area contributed by atoms with Crippen molar-refractivity contribution in [2.24, 2.45) is 0 Å². The molecule has 2 aromatic carbocycles. The van der Waals surface area contributed by atoms with Gasteiger partial charge in [0.1, 0.15) is 5.75 Å². The van der Waals surface area contributed by atoms with E-state index in [1.165, 1.54) is 0 Å². The largest absolute Gasteiger partial charge is 0.508 e. The van der Waals surface area contributed by atoms with Crippen LogP contribution in [0.25, 0.3) is 5.69 Å². The fraction of sp³-hybridized carbons (Fsp3) is 0.250. The predicted octanol–water partition coefficient (Wildman–Crippen LogP) is 4.01. The number of phenols is 1. The van der Waals surface area contributed by atoms with Crippen LogP contribution in [0.2, 0.25) is 0 Å². The van der Waals surface area contributed by atoms with E-state index in [4.69, 9.17) is 0 Å². The number of aromatic nitrogens is 5. The molecule has 0 amide bonds. The van der Waals surface area contributed by atoms with Crippen molar-refractivity contribution in [3.8, 4) is 11.4 Å². The fourth-order valence-corrected chi connectivity index (χ4v) is 3.39. The average molecular weight is 445 g/mol. The first-order chi connectivity index (χ1) is 16.1. The van der Waals surface area contributed by atoms with Crippen LogP contribution < -0.4 is 15.5 Å². The zero-order valence-electron chi connectivity index (χ0n) is 18.8. The second kappa shape index (κ2) is 10.4. The van der Waals surface area contributed by atoms with Crippen molar-refractivity contribution in [2.75, 3.05) is 35.2 Å². The van der Waals surface area contributed by atoms with Crippen LogP contribution in [-0.2, 0) is 6.42 Å². The molecule has 0 saturated heterocycles. The van der Waals surface area contributed by atoms with E-state index in [0.717, 1.165) is 36.4 Å². The van der Waals surface area contributed by atoms with Crippen LogP contribution in [0, 0.1) is 0 Å². The molecule has 9 nitrogen and oxygen atoms in total. The molecule has 170 valence electrons. The van der Waals surface area contributed by atoms with Gasteiger partial charge in [-0.25, -0.2) is 4.98 Å². The lowest BCUT2D eigenvalue weighted by molar-refractivity contribution is 0.475. The lowest BCUT2D eigenvalue weighted by atomic mass is 10.1. The van der Waals surface area contributed by atoms with Gasteiger partial charge in [-0.05, 0) is 62.2 Å². The molecule has 0 aliphatic heterocycles. The molecular formula is C24H28N8O. The fourth-order valence-electron chi connectivity index (χ4n) is 3.39. The van der Waals surface area contributed by atoms with E-state index in [9.17, 15) is 5.11 Å². The minimum Gasteiger partial charge on any atom is -0.508 e. The van der Waals surface area contributed by atoms with Gasteiger partial charge in [-0.3, -0.25) is 0 Å². The second-order valence-corrected chi connectivity index (χ2v) is 7.44. The summed E-state index contributed by atoms with van der Waals surface area (Å²) in [7, 11) is 0. The average Bonchev–Trinajstić information content (AvgIpc) is 3.37. The molecule has 0 atom stereocenters. The van der Waals surface area contributed by atoms with E-state index in [1.807, 2.05) is 47.2 Å². The van der Waals surface area contributed by atoms with Gasteiger partial charge in [0.05, 0.1) is 6.33 Å². The number of hydrogen-bond acceptors (Lipinski definition) is 8. The molecule has 0 aliphatic rings. The van der Waals surface area contributed by atoms with Crippen molar-refractivity contribution in [3.63, 3.8) is 0 Å². The number of anilines is 4. The van der Waals surface area contributed by atoms with Gasteiger partial charge >= 0.3 is 0 Å². The molecular weight excluding hydrogens is 416 g/mol. The summed E-state index contributed by atoms with van der Waals surface area (Å²) in [5.74, 6) is 1.89. The highest BCUT2D eigenvalue weighted by Gasteiger charge is 2.12. The third kappa shape index (κ3) is 5.76. The quantitative estimate of drug-likeness (QED) is 0.337. The van der Waals surface area contributed by atoms with Crippen molar-refractivity contribution in [1.29, 1.82) is 0 Å². The van der Waals surface area contributed by atoms with Crippen LogP contribution in [-0.4, -0.2) is 49.2 Å². The molecule has 0 fully saturated rings. The summed E-state index contributed by atoms with van der Waals surface area (Å²) >= 11 is 0. The van der Waals surface area contributed by atoms with Crippen LogP contribution in [0.5, 0.6) is 5.75 Å². The third-order valence-corrected chi connectivity index (χ3v) is 5.23. The monoisotopic (exact) mass is 444 g/mol. The normalized spacial score (nSPS) is 10.7. The summed E-state index contributed by atoms with van der Waals surface area (Å²) in [5.41, 5.74) is 3.02. The Hall–Kier alpha value is -4.14. The number of nitrogens with one attached hydrogen (secondary N) is 2. The zero-order valence-corrected chi connectivity index (χ0v) is 18.8.